The van der Waals surface area contributed by atoms with Crippen molar-refractivity contribution in [3.05, 3.63) is 46.5 Å². The summed E-state index contributed by atoms with van der Waals surface area (Å²) in [6.07, 6.45) is 1.48. The van der Waals surface area contributed by atoms with Crippen LogP contribution in [0.4, 0.5) is 4.79 Å². The monoisotopic (exact) mass is 368 g/mol. The summed E-state index contributed by atoms with van der Waals surface area (Å²) in [4.78, 5) is 35.6. The van der Waals surface area contributed by atoms with Crippen molar-refractivity contribution in [3.63, 3.8) is 0 Å². The van der Waals surface area contributed by atoms with Crippen molar-refractivity contribution >= 4 is 41.0 Å². The first kappa shape index (κ1) is 18.1. The zero-order chi connectivity index (χ0) is 17.2. The summed E-state index contributed by atoms with van der Waals surface area (Å²) >= 11 is 3.02. The Balaban J connectivity index is 1.54. The predicted octanol–water partition coefficient (Wildman–Crippen LogP) is 2.14. The van der Waals surface area contributed by atoms with E-state index < -0.39 is 24.5 Å². The van der Waals surface area contributed by atoms with Gasteiger partial charge in [0.1, 0.15) is 5.76 Å². The molecule has 2 heterocycles. The molecule has 3 amide bonds. The van der Waals surface area contributed by atoms with Gasteiger partial charge in [-0.05, 0) is 23.6 Å². The molecule has 0 aliphatic heterocycles. The van der Waals surface area contributed by atoms with E-state index in [1.807, 2.05) is 17.5 Å². The number of carbonyl (C=O) groups excluding carboxylic acids is 3. The molecule has 2 aromatic rings. The fourth-order valence-corrected chi connectivity index (χ4v) is 3.27. The molecule has 0 bridgehead atoms. The summed E-state index contributed by atoms with van der Waals surface area (Å²) in [5.74, 6) is 0.238. The van der Waals surface area contributed by atoms with Crippen molar-refractivity contribution in [2.45, 2.75) is 12.3 Å². The van der Waals surface area contributed by atoms with Gasteiger partial charge >= 0.3 is 12.0 Å². The van der Waals surface area contributed by atoms with Crippen LogP contribution in [-0.4, -0.2) is 30.3 Å². The molecule has 0 spiro atoms. The molecule has 0 saturated carbocycles. The molecule has 2 aromatic heterocycles. The van der Waals surface area contributed by atoms with Crippen LogP contribution in [0.25, 0.3) is 0 Å². The second-order valence-electron chi connectivity index (χ2n) is 4.54. The fourth-order valence-electron chi connectivity index (χ4n) is 1.60. The van der Waals surface area contributed by atoms with Crippen molar-refractivity contribution in [1.29, 1.82) is 0 Å². The fraction of sp³-hybridized carbons (Fsp3) is 0.267. The largest absolute Gasteiger partial charge is 0.467 e. The van der Waals surface area contributed by atoms with E-state index in [2.05, 4.69) is 10.6 Å². The highest BCUT2D eigenvalue weighted by atomic mass is 32.2. The van der Waals surface area contributed by atoms with Gasteiger partial charge in [-0.1, -0.05) is 6.07 Å². The van der Waals surface area contributed by atoms with Gasteiger partial charge in [0.25, 0.3) is 5.91 Å². The number of ether oxygens (including phenoxy) is 1. The first-order chi connectivity index (χ1) is 11.6. The van der Waals surface area contributed by atoms with E-state index in [0.717, 1.165) is 0 Å². The molecule has 0 atom stereocenters. The topological polar surface area (TPSA) is 97.6 Å². The van der Waals surface area contributed by atoms with Gasteiger partial charge in [-0.15, -0.1) is 23.1 Å². The van der Waals surface area contributed by atoms with Crippen LogP contribution in [0, 0.1) is 0 Å². The maximum atomic E-state index is 11.5. The summed E-state index contributed by atoms with van der Waals surface area (Å²) in [6, 6.07) is 6.63. The third-order valence-corrected chi connectivity index (χ3v) is 4.68. The Morgan fingerprint density at radius 1 is 1.25 bits per heavy atom. The molecule has 0 radical (unpaired) electrons. The van der Waals surface area contributed by atoms with Gasteiger partial charge in [-0.3, -0.25) is 14.9 Å². The molecule has 0 saturated heterocycles. The minimum absolute atomic E-state index is 0.149. The van der Waals surface area contributed by atoms with Crippen LogP contribution in [-0.2, 0) is 26.6 Å². The lowest BCUT2D eigenvalue weighted by molar-refractivity contribution is -0.145. The number of furan rings is 1. The Hall–Kier alpha value is -2.26. The predicted molar refractivity (Wildman–Crippen MR) is 90.5 cm³/mol. The Morgan fingerprint density at radius 2 is 2.12 bits per heavy atom. The first-order valence-electron chi connectivity index (χ1n) is 6.99. The number of carbonyl (C=O) groups is 3. The minimum Gasteiger partial charge on any atom is -0.467 e. The van der Waals surface area contributed by atoms with Crippen LogP contribution in [0.3, 0.4) is 0 Å². The standard InChI is InChI=1S/C15H16N2O5S2/c18-13(17-15(20)16-7-11-3-1-5-21-11)8-22-14(19)10-23-9-12-4-2-6-24-12/h1-6H,7-10H2,(H2,16,17,18,20). The van der Waals surface area contributed by atoms with Crippen molar-refractivity contribution in [2.24, 2.45) is 0 Å². The van der Waals surface area contributed by atoms with E-state index >= 15 is 0 Å². The average molecular weight is 368 g/mol. The minimum atomic E-state index is -0.691. The number of urea groups is 1. The van der Waals surface area contributed by atoms with Crippen LogP contribution in [0.1, 0.15) is 10.6 Å². The quantitative estimate of drug-likeness (QED) is 0.693. The van der Waals surface area contributed by atoms with E-state index in [4.69, 9.17) is 9.15 Å². The van der Waals surface area contributed by atoms with Crippen molar-refractivity contribution in [2.75, 3.05) is 12.4 Å². The van der Waals surface area contributed by atoms with Gasteiger partial charge in [0.2, 0.25) is 0 Å². The number of thiophene rings is 1. The maximum Gasteiger partial charge on any atom is 0.321 e. The Labute approximate surface area is 146 Å². The van der Waals surface area contributed by atoms with Crippen LogP contribution in [0.5, 0.6) is 0 Å². The van der Waals surface area contributed by atoms with E-state index in [0.29, 0.717) is 11.5 Å². The van der Waals surface area contributed by atoms with Gasteiger partial charge in [-0.25, -0.2) is 4.79 Å². The van der Waals surface area contributed by atoms with Crippen molar-refractivity contribution in [1.82, 2.24) is 10.6 Å². The van der Waals surface area contributed by atoms with E-state index in [1.165, 1.54) is 22.9 Å². The van der Waals surface area contributed by atoms with Crippen LogP contribution < -0.4 is 10.6 Å². The smallest absolute Gasteiger partial charge is 0.321 e. The maximum absolute atomic E-state index is 11.5. The molecule has 0 aliphatic rings. The summed E-state index contributed by atoms with van der Waals surface area (Å²) in [5, 5.41) is 6.48. The molecule has 0 fully saturated rings. The van der Waals surface area contributed by atoms with Gasteiger partial charge in [-0.2, -0.15) is 0 Å². The Kier molecular flexibility index (Phi) is 7.37. The zero-order valence-electron chi connectivity index (χ0n) is 12.7. The van der Waals surface area contributed by atoms with E-state index in [9.17, 15) is 14.4 Å². The molecule has 0 aliphatic carbocycles. The number of nitrogens with one attached hydrogen (secondary N) is 2. The summed E-state index contributed by atoms with van der Waals surface area (Å²) in [5.41, 5.74) is 0. The number of hydrogen-bond acceptors (Lipinski definition) is 7. The summed E-state index contributed by atoms with van der Waals surface area (Å²) in [7, 11) is 0. The third kappa shape index (κ3) is 6.88. The molecule has 9 heteroatoms. The van der Waals surface area contributed by atoms with Crippen molar-refractivity contribution < 1.29 is 23.5 Å². The van der Waals surface area contributed by atoms with Crippen molar-refractivity contribution in [3.8, 4) is 0 Å². The van der Waals surface area contributed by atoms with E-state index in [1.54, 1.807) is 23.5 Å². The summed E-state index contributed by atoms with van der Waals surface area (Å²) in [6.45, 7) is -0.335. The number of hydrogen-bond donors (Lipinski definition) is 2. The zero-order valence-corrected chi connectivity index (χ0v) is 14.3. The highest BCUT2D eigenvalue weighted by molar-refractivity contribution is 7.99. The molecule has 24 heavy (non-hydrogen) atoms. The molecule has 128 valence electrons. The van der Waals surface area contributed by atoms with Crippen LogP contribution >= 0.6 is 23.1 Å². The van der Waals surface area contributed by atoms with Crippen LogP contribution in [0.15, 0.2) is 40.3 Å². The highest BCUT2D eigenvalue weighted by Gasteiger charge is 2.11. The third-order valence-electron chi connectivity index (χ3n) is 2.66. The average Bonchev–Trinajstić information content (AvgIpc) is 3.24. The lowest BCUT2D eigenvalue weighted by Crippen LogP contribution is -2.41. The molecule has 2 rings (SSSR count). The Bertz CT molecular complexity index is 655. The number of esters is 1. The lowest BCUT2D eigenvalue weighted by atomic mass is 10.4. The molecule has 7 nitrogen and oxygen atoms in total. The second kappa shape index (κ2) is 9.78. The number of thioether (sulfide) groups is 1. The molecular weight excluding hydrogens is 352 g/mol. The van der Waals surface area contributed by atoms with Gasteiger partial charge in [0.05, 0.1) is 18.6 Å². The molecule has 0 unspecified atom stereocenters. The number of amides is 3. The summed E-state index contributed by atoms with van der Waals surface area (Å²) < 4.78 is 9.84. The first-order valence-corrected chi connectivity index (χ1v) is 9.02. The molecule has 2 N–H and O–H groups in total. The lowest BCUT2D eigenvalue weighted by Gasteiger charge is -2.06. The van der Waals surface area contributed by atoms with Crippen LogP contribution in [0.2, 0.25) is 0 Å². The molecule has 0 aromatic carbocycles. The second-order valence-corrected chi connectivity index (χ2v) is 6.56. The normalized spacial score (nSPS) is 10.2. The van der Waals surface area contributed by atoms with Gasteiger partial charge in [0, 0.05) is 10.6 Å². The number of imide groups is 1. The van der Waals surface area contributed by atoms with Gasteiger partial charge < -0.3 is 14.5 Å². The highest BCUT2D eigenvalue weighted by Crippen LogP contribution is 2.16. The number of rotatable bonds is 8. The van der Waals surface area contributed by atoms with Gasteiger partial charge in [0.15, 0.2) is 6.61 Å². The molecular formula is C15H16N2O5S2. The SMILES string of the molecule is O=C(COC(=O)CSCc1cccs1)NC(=O)NCc1ccco1. The Morgan fingerprint density at radius 3 is 2.83 bits per heavy atom. The van der Waals surface area contributed by atoms with E-state index in [-0.39, 0.29) is 12.3 Å².